The standard InChI is InChI=1S/C11H23N3O3/c1-17-9-10(8-15)13-11(16)7-14-5-2-3-12-4-6-14/h10,12,15H,2-9H2,1H3,(H,13,16). The van der Waals surface area contributed by atoms with Crippen molar-refractivity contribution in [2.24, 2.45) is 0 Å². The molecular formula is C11H23N3O3. The first-order valence-electron chi connectivity index (χ1n) is 6.08. The summed E-state index contributed by atoms with van der Waals surface area (Å²) < 4.78 is 4.91. The van der Waals surface area contributed by atoms with Gasteiger partial charge in [0.2, 0.25) is 5.91 Å². The molecule has 3 N–H and O–H groups in total. The number of ether oxygens (including phenoxy) is 1. The molecule has 0 bridgehead atoms. The zero-order valence-corrected chi connectivity index (χ0v) is 10.4. The van der Waals surface area contributed by atoms with E-state index >= 15 is 0 Å². The molecule has 0 saturated carbocycles. The Bertz CT molecular complexity index is 218. The van der Waals surface area contributed by atoms with Crippen molar-refractivity contribution in [2.45, 2.75) is 12.5 Å². The van der Waals surface area contributed by atoms with Crippen LogP contribution < -0.4 is 10.6 Å². The van der Waals surface area contributed by atoms with Crippen LogP contribution in [0, 0.1) is 0 Å². The van der Waals surface area contributed by atoms with E-state index in [0.29, 0.717) is 13.2 Å². The van der Waals surface area contributed by atoms with Gasteiger partial charge >= 0.3 is 0 Å². The van der Waals surface area contributed by atoms with Crippen LogP contribution in [0.4, 0.5) is 0 Å². The van der Waals surface area contributed by atoms with Gasteiger partial charge in [-0.05, 0) is 19.5 Å². The number of rotatable bonds is 6. The Labute approximate surface area is 102 Å². The number of carbonyl (C=O) groups excluding carboxylic acids is 1. The Hall–Kier alpha value is -0.690. The van der Waals surface area contributed by atoms with E-state index in [2.05, 4.69) is 15.5 Å². The second kappa shape index (κ2) is 8.41. The molecule has 0 radical (unpaired) electrons. The summed E-state index contributed by atoms with van der Waals surface area (Å²) in [7, 11) is 1.55. The van der Waals surface area contributed by atoms with Gasteiger partial charge in [0.25, 0.3) is 0 Å². The fourth-order valence-corrected chi connectivity index (χ4v) is 1.88. The maximum absolute atomic E-state index is 11.7. The van der Waals surface area contributed by atoms with Crippen LogP contribution in [0.2, 0.25) is 0 Å². The smallest absolute Gasteiger partial charge is 0.234 e. The third-order valence-electron chi connectivity index (χ3n) is 2.75. The van der Waals surface area contributed by atoms with Crippen molar-refractivity contribution in [2.75, 3.05) is 53.0 Å². The molecule has 0 aromatic carbocycles. The number of amides is 1. The Morgan fingerprint density at radius 3 is 3.06 bits per heavy atom. The number of aliphatic hydroxyl groups is 1. The number of nitrogens with zero attached hydrogens (tertiary/aromatic N) is 1. The molecule has 1 unspecified atom stereocenters. The van der Waals surface area contributed by atoms with Crippen molar-refractivity contribution in [3.8, 4) is 0 Å². The largest absolute Gasteiger partial charge is 0.394 e. The van der Waals surface area contributed by atoms with E-state index in [1.807, 2.05) is 0 Å². The Morgan fingerprint density at radius 1 is 1.53 bits per heavy atom. The molecule has 1 saturated heterocycles. The summed E-state index contributed by atoms with van der Waals surface area (Å²) >= 11 is 0. The summed E-state index contributed by atoms with van der Waals surface area (Å²) in [4.78, 5) is 13.8. The van der Waals surface area contributed by atoms with Gasteiger partial charge in [-0.1, -0.05) is 0 Å². The third-order valence-corrected chi connectivity index (χ3v) is 2.75. The monoisotopic (exact) mass is 245 g/mol. The van der Waals surface area contributed by atoms with Gasteiger partial charge in [0.1, 0.15) is 0 Å². The highest BCUT2D eigenvalue weighted by Crippen LogP contribution is 1.95. The van der Waals surface area contributed by atoms with Crippen LogP contribution in [-0.4, -0.2) is 75.0 Å². The molecule has 0 spiro atoms. The number of carbonyl (C=O) groups is 1. The molecule has 6 heteroatoms. The Morgan fingerprint density at radius 2 is 2.35 bits per heavy atom. The first-order valence-corrected chi connectivity index (χ1v) is 6.08. The number of hydrogen-bond acceptors (Lipinski definition) is 5. The van der Waals surface area contributed by atoms with E-state index in [1.165, 1.54) is 0 Å². The molecule has 1 heterocycles. The minimum atomic E-state index is -0.308. The Balaban J connectivity index is 2.26. The second-order valence-corrected chi connectivity index (χ2v) is 4.28. The van der Waals surface area contributed by atoms with E-state index in [1.54, 1.807) is 7.11 Å². The fourth-order valence-electron chi connectivity index (χ4n) is 1.88. The van der Waals surface area contributed by atoms with Crippen LogP contribution in [0.5, 0.6) is 0 Å². The van der Waals surface area contributed by atoms with E-state index in [4.69, 9.17) is 9.84 Å². The summed E-state index contributed by atoms with van der Waals surface area (Å²) in [5.41, 5.74) is 0. The lowest BCUT2D eigenvalue weighted by atomic mass is 10.3. The molecule has 1 rings (SSSR count). The van der Waals surface area contributed by atoms with Gasteiger partial charge in [0.05, 0.1) is 25.8 Å². The van der Waals surface area contributed by atoms with Crippen molar-refractivity contribution in [3.05, 3.63) is 0 Å². The molecule has 100 valence electrons. The fraction of sp³-hybridized carbons (Fsp3) is 0.909. The van der Waals surface area contributed by atoms with Gasteiger partial charge in [-0.25, -0.2) is 0 Å². The number of nitrogens with one attached hydrogen (secondary N) is 2. The number of aliphatic hydroxyl groups excluding tert-OH is 1. The van der Waals surface area contributed by atoms with Crippen LogP contribution in [-0.2, 0) is 9.53 Å². The summed E-state index contributed by atoms with van der Waals surface area (Å²) in [5.74, 6) is -0.0528. The first-order chi connectivity index (χ1) is 8.26. The van der Waals surface area contributed by atoms with Gasteiger partial charge in [-0.2, -0.15) is 0 Å². The van der Waals surface area contributed by atoms with Crippen molar-refractivity contribution in [3.63, 3.8) is 0 Å². The maximum atomic E-state index is 11.7. The molecule has 1 fully saturated rings. The lowest BCUT2D eigenvalue weighted by Crippen LogP contribution is -2.46. The average molecular weight is 245 g/mol. The third kappa shape index (κ3) is 5.97. The van der Waals surface area contributed by atoms with Gasteiger partial charge in [-0.15, -0.1) is 0 Å². The minimum Gasteiger partial charge on any atom is -0.394 e. The number of hydrogen-bond donors (Lipinski definition) is 3. The van der Waals surface area contributed by atoms with E-state index in [9.17, 15) is 4.79 Å². The molecular weight excluding hydrogens is 222 g/mol. The first kappa shape index (κ1) is 14.4. The summed E-state index contributed by atoms with van der Waals surface area (Å²) in [6.45, 7) is 4.40. The molecule has 0 aromatic heterocycles. The van der Waals surface area contributed by atoms with Crippen LogP contribution in [0.1, 0.15) is 6.42 Å². The van der Waals surface area contributed by atoms with Gasteiger partial charge in [-0.3, -0.25) is 9.69 Å². The van der Waals surface area contributed by atoms with Crippen molar-refractivity contribution in [1.29, 1.82) is 0 Å². The SMILES string of the molecule is COCC(CO)NC(=O)CN1CCCNCC1. The van der Waals surface area contributed by atoms with Gasteiger partial charge < -0.3 is 20.5 Å². The van der Waals surface area contributed by atoms with E-state index in [-0.39, 0.29) is 18.6 Å². The van der Waals surface area contributed by atoms with Crippen LogP contribution >= 0.6 is 0 Å². The average Bonchev–Trinajstić information content (AvgIpc) is 2.57. The summed E-state index contributed by atoms with van der Waals surface area (Å²) in [6.07, 6.45) is 1.06. The van der Waals surface area contributed by atoms with E-state index < -0.39 is 0 Å². The van der Waals surface area contributed by atoms with Crippen molar-refractivity contribution >= 4 is 5.91 Å². The van der Waals surface area contributed by atoms with Crippen LogP contribution in [0.25, 0.3) is 0 Å². The lowest BCUT2D eigenvalue weighted by Gasteiger charge is -2.21. The highest BCUT2D eigenvalue weighted by atomic mass is 16.5. The minimum absolute atomic E-state index is 0.0528. The molecule has 17 heavy (non-hydrogen) atoms. The van der Waals surface area contributed by atoms with Crippen molar-refractivity contribution in [1.82, 2.24) is 15.5 Å². The molecule has 1 aliphatic rings. The van der Waals surface area contributed by atoms with Crippen LogP contribution in [0.15, 0.2) is 0 Å². The summed E-state index contributed by atoms with van der Waals surface area (Å²) in [5, 5.41) is 15.1. The topological polar surface area (TPSA) is 73.8 Å². The number of methoxy groups -OCH3 is 1. The highest BCUT2D eigenvalue weighted by Gasteiger charge is 2.15. The summed E-state index contributed by atoms with van der Waals surface area (Å²) in [6, 6.07) is -0.308. The van der Waals surface area contributed by atoms with Crippen molar-refractivity contribution < 1.29 is 14.6 Å². The zero-order valence-electron chi connectivity index (χ0n) is 10.4. The highest BCUT2D eigenvalue weighted by molar-refractivity contribution is 5.78. The predicted molar refractivity (Wildman–Crippen MR) is 64.8 cm³/mol. The molecule has 6 nitrogen and oxygen atoms in total. The van der Waals surface area contributed by atoms with Gasteiger partial charge in [0.15, 0.2) is 0 Å². The lowest BCUT2D eigenvalue weighted by molar-refractivity contribution is -0.123. The molecule has 0 aromatic rings. The quantitative estimate of drug-likeness (QED) is 0.526. The predicted octanol–water partition coefficient (Wildman–Crippen LogP) is -1.59. The van der Waals surface area contributed by atoms with Gasteiger partial charge in [0, 0.05) is 20.2 Å². The second-order valence-electron chi connectivity index (χ2n) is 4.28. The molecule has 0 aliphatic carbocycles. The maximum Gasteiger partial charge on any atom is 0.234 e. The van der Waals surface area contributed by atoms with E-state index in [0.717, 1.165) is 32.6 Å². The molecule has 1 aliphatic heterocycles. The molecule has 1 atom stereocenters. The Kier molecular flexibility index (Phi) is 7.11. The van der Waals surface area contributed by atoms with Crippen LogP contribution in [0.3, 0.4) is 0 Å². The molecule has 1 amide bonds. The normalized spacial score (nSPS) is 19.6. The zero-order chi connectivity index (χ0) is 12.5.